The van der Waals surface area contributed by atoms with Gasteiger partial charge in [-0.3, -0.25) is 0 Å². The van der Waals surface area contributed by atoms with Crippen molar-refractivity contribution < 1.29 is 4.79 Å². The molecule has 4 heteroatoms. The van der Waals surface area contributed by atoms with Gasteiger partial charge in [0.1, 0.15) is 0 Å². The number of allylic oxidation sites excluding steroid dienone is 1. The Labute approximate surface area is 155 Å². The molecule has 132 valence electrons. The van der Waals surface area contributed by atoms with Crippen LogP contribution in [-0.2, 0) is 0 Å². The Morgan fingerprint density at radius 1 is 1.20 bits per heavy atom. The van der Waals surface area contributed by atoms with E-state index in [1.165, 1.54) is 5.57 Å². The Hall–Kier alpha value is -1.92. The Balaban J connectivity index is 1.67. The van der Waals surface area contributed by atoms with Crippen molar-refractivity contribution in [3.05, 3.63) is 46.5 Å². The standard InChI is InChI=1S/C21H25ClN2O/c1-21(2)16-24(20(25)23-12-3-4-13-23)14-11-18(21)9-5-7-17-8-6-10-19(22)15-17/h6,8-10,15H,3-4,11-14,16H2,1-2H3/b18-9+. The molecular weight excluding hydrogens is 332 g/mol. The Morgan fingerprint density at radius 3 is 2.64 bits per heavy atom. The van der Waals surface area contributed by atoms with Gasteiger partial charge in [-0.1, -0.05) is 48.9 Å². The van der Waals surface area contributed by atoms with E-state index in [0.29, 0.717) is 5.02 Å². The molecule has 2 saturated heterocycles. The predicted octanol–water partition coefficient (Wildman–Crippen LogP) is 4.57. The van der Waals surface area contributed by atoms with Gasteiger partial charge in [-0.25, -0.2) is 4.79 Å². The monoisotopic (exact) mass is 356 g/mol. The number of piperidine rings is 1. The molecule has 2 aliphatic rings. The van der Waals surface area contributed by atoms with Gasteiger partial charge < -0.3 is 9.80 Å². The normalized spacial score (nSPS) is 21.2. The molecule has 3 nitrogen and oxygen atoms in total. The molecule has 3 rings (SSSR count). The second-order valence-corrected chi connectivity index (χ2v) is 7.92. The van der Waals surface area contributed by atoms with E-state index in [-0.39, 0.29) is 11.4 Å². The average molecular weight is 357 g/mol. The number of carbonyl (C=O) groups excluding carboxylic acids is 1. The van der Waals surface area contributed by atoms with E-state index < -0.39 is 0 Å². The lowest BCUT2D eigenvalue weighted by Crippen LogP contribution is -2.49. The highest BCUT2D eigenvalue weighted by molar-refractivity contribution is 6.30. The third-order valence-electron chi connectivity index (χ3n) is 5.04. The van der Waals surface area contributed by atoms with Crippen LogP contribution in [0, 0.1) is 17.3 Å². The van der Waals surface area contributed by atoms with Crippen LogP contribution in [0.25, 0.3) is 0 Å². The summed E-state index contributed by atoms with van der Waals surface area (Å²) in [6.07, 6.45) is 5.18. The molecule has 0 bridgehead atoms. The summed E-state index contributed by atoms with van der Waals surface area (Å²) in [5.74, 6) is 6.32. The van der Waals surface area contributed by atoms with Gasteiger partial charge in [0.25, 0.3) is 0 Å². The van der Waals surface area contributed by atoms with E-state index in [1.54, 1.807) is 0 Å². The summed E-state index contributed by atoms with van der Waals surface area (Å²) in [7, 11) is 0. The van der Waals surface area contributed by atoms with Crippen LogP contribution in [0.2, 0.25) is 5.02 Å². The van der Waals surface area contributed by atoms with Crippen LogP contribution in [0.3, 0.4) is 0 Å². The molecule has 0 unspecified atom stereocenters. The fraction of sp³-hybridized carbons (Fsp3) is 0.476. The molecule has 0 radical (unpaired) electrons. The zero-order chi connectivity index (χ0) is 17.9. The minimum Gasteiger partial charge on any atom is -0.325 e. The lowest BCUT2D eigenvalue weighted by Gasteiger charge is -2.41. The maximum absolute atomic E-state index is 12.6. The predicted molar refractivity (Wildman–Crippen MR) is 103 cm³/mol. The summed E-state index contributed by atoms with van der Waals surface area (Å²) in [5.41, 5.74) is 2.19. The smallest absolute Gasteiger partial charge is 0.320 e. The zero-order valence-electron chi connectivity index (χ0n) is 15.0. The maximum atomic E-state index is 12.6. The van der Waals surface area contributed by atoms with Crippen LogP contribution in [0.5, 0.6) is 0 Å². The van der Waals surface area contributed by atoms with Gasteiger partial charge in [-0.15, -0.1) is 0 Å². The second kappa shape index (κ2) is 7.54. The SMILES string of the molecule is CC1(C)CN(C(=O)N2CCCC2)CC/C1=C\C#Cc1cccc(Cl)c1. The molecule has 2 heterocycles. The van der Waals surface area contributed by atoms with Gasteiger partial charge in [-0.2, -0.15) is 0 Å². The van der Waals surface area contributed by atoms with E-state index in [4.69, 9.17) is 11.6 Å². The largest absolute Gasteiger partial charge is 0.325 e. The number of hydrogen-bond acceptors (Lipinski definition) is 1. The van der Waals surface area contributed by atoms with Crippen molar-refractivity contribution >= 4 is 17.6 Å². The van der Waals surface area contributed by atoms with Gasteiger partial charge in [0.05, 0.1) is 0 Å². The Kier molecular flexibility index (Phi) is 5.39. The minimum absolute atomic E-state index is 0.0450. The van der Waals surface area contributed by atoms with E-state index >= 15 is 0 Å². The van der Waals surface area contributed by atoms with Crippen molar-refractivity contribution in [2.24, 2.45) is 5.41 Å². The highest BCUT2D eigenvalue weighted by atomic mass is 35.5. The topological polar surface area (TPSA) is 23.6 Å². The van der Waals surface area contributed by atoms with Gasteiger partial charge >= 0.3 is 6.03 Å². The molecule has 25 heavy (non-hydrogen) atoms. The first-order valence-electron chi connectivity index (χ1n) is 8.96. The molecule has 2 fully saturated rings. The molecule has 0 N–H and O–H groups in total. The summed E-state index contributed by atoms with van der Waals surface area (Å²) < 4.78 is 0. The van der Waals surface area contributed by atoms with Crippen LogP contribution in [0.1, 0.15) is 38.7 Å². The lowest BCUT2D eigenvalue weighted by atomic mass is 9.79. The molecule has 0 aliphatic carbocycles. The van der Waals surface area contributed by atoms with Crippen LogP contribution >= 0.6 is 11.6 Å². The van der Waals surface area contributed by atoms with Crippen LogP contribution in [0.4, 0.5) is 4.79 Å². The second-order valence-electron chi connectivity index (χ2n) is 7.48. The summed E-state index contributed by atoms with van der Waals surface area (Å²) in [6.45, 7) is 7.75. The van der Waals surface area contributed by atoms with E-state index in [2.05, 4.69) is 25.7 Å². The number of benzene rings is 1. The highest BCUT2D eigenvalue weighted by Gasteiger charge is 2.35. The molecular formula is C21H25ClN2O. The van der Waals surface area contributed by atoms with Crippen molar-refractivity contribution in [3.63, 3.8) is 0 Å². The third kappa shape index (κ3) is 4.38. The summed E-state index contributed by atoms with van der Waals surface area (Å²) >= 11 is 5.99. The van der Waals surface area contributed by atoms with Crippen molar-refractivity contribution in [2.45, 2.75) is 33.1 Å². The number of halogens is 1. The highest BCUT2D eigenvalue weighted by Crippen LogP contribution is 2.34. The van der Waals surface area contributed by atoms with Gasteiger partial charge in [0.15, 0.2) is 0 Å². The fourth-order valence-electron chi connectivity index (χ4n) is 3.56. The first-order chi connectivity index (χ1) is 12.0. The number of rotatable bonds is 0. The average Bonchev–Trinajstić information content (AvgIpc) is 3.10. The molecule has 0 aromatic heterocycles. The van der Waals surface area contributed by atoms with Crippen molar-refractivity contribution in [1.82, 2.24) is 9.80 Å². The summed E-state index contributed by atoms with van der Waals surface area (Å²) in [4.78, 5) is 16.6. The van der Waals surface area contributed by atoms with Crippen molar-refractivity contribution in [1.29, 1.82) is 0 Å². The molecule has 0 atom stereocenters. The number of likely N-dealkylation sites (tertiary alicyclic amines) is 2. The first-order valence-corrected chi connectivity index (χ1v) is 9.34. The van der Waals surface area contributed by atoms with Crippen LogP contribution < -0.4 is 0 Å². The first kappa shape index (κ1) is 17.9. The number of amides is 2. The van der Waals surface area contributed by atoms with E-state index in [9.17, 15) is 4.79 Å². The Morgan fingerprint density at radius 2 is 1.96 bits per heavy atom. The lowest BCUT2D eigenvalue weighted by molar-refractivity contribution is 0.132. The molecule has 0 spiro atoms. The summed E-state index contributed by atoms with van der Waals surface area (Å²) in [6, 6.07) is 7.79. The zero-order valence-corrected chi connectivity index (χ0v) is 15.8. The van der Waals surface area contributed by atoms with Gasteiger partial charge in [0, 0.05) is 42.2 Å². The minimum atomic E-state index is -0.0450. The molecule has 2 aliphatic heterocycles. The quantitative estimate of drug-likeness (QED) is 0.625. The molecule has 1 aromatic rings. The van der Waals surface area contributed by atoms with E-state index in [1.807, 2.05) is 40.1 Å². The van der Waals surface area contributed by atoms with Gasteiger partial charge in [-0.05, 0) is 43.5 Å². The van der Waals surface area contributed by atoms with Crippen LogP contribution in [0.15, 0.2) is 35.9 Å². The number of nitrogens with zero attached hydrogens (tertiary/aromatic N) is 2. The summed E-state index contributed by atoms with van der Waals surface area (Å²) in [5, 5.41) is 0.702. The van der Waals surface area contributed by atoms with Gasteiger partial charge in [0.2, 0.25) is 0 Å². The number of hydrogen-bond donors (Lipinski definition) is 0. The molecule has 2 amide bonds. The van der Waals surface area contributed by atoms with Crippen LogP contribution in [-0.4, -0.2) is 42.0 Å². The third-order valence-corrected chi connectivity index (χ3v) is 5.28. The molecule has 1 aromatic carbocycles. The Bertz CT molecular complexity index is 736. The van der Waals surface area contributed by atoms with Crippen molar-refractivity contribution in [3.8, 4) is 11.8 Å². The number of urea groups is 1. The maximum Gasteiger partial charge on any atom is 0.320 e. The van der Waals surface area contributed by atoms with Crippen molar-refractivity contribution in [2.75, 3.05) is 26.2 Å². The van der Waals surface area contributed by atoms with E-state index in [0.717, 1.165) is 51.0 Å². The number of carbonyl (C=O) groups is 1. The molecule has 0 saturated carbocycles. The fourth-order valence-corrected chi connectivity index (χ4v) is 3.75.